The van der Waals surface area contributed by atoms with E-state index in [0.29, 0.717) is 17.2 Å². The molecule has 1 fully saturated rings. The van der Waals surface area contributed by atoms with Crippen LogP contribution in [0.4, 0.5) is 4.79 Å². The van der Waals surface area contributed by atoms with Crippen LogP contribution in [-0.4, -0.2) is 40.8 Å². The van der Waals surface area contributed by atoms with Crippen molar-refractivity contribution in [3.8, 4) is 0 Å². The minimum atomic E-state index is -0.137. The molecule has 1 rings (SSSR count). The number of rotatable bonds is 7. The standard InChI is InChI=1S/C14H28N2O2S/c1-4-19-13-6-5-11(8-13)15-14(18)16-12(9-17)7-10(2)3/h10-13,17H,4-9H2,1-3H3,(H2,15,16,18). The lowest BCUT2D eigenvalue weighted by molar-refractivity contribution is 0.204. The Morgan fingerprint density at radius 1 is 1.42 bits per heavy atom. The van der Waals surface area contributed by atoms with Crippen LogP contribution in [0.5, 0.6) is 0 Å². The summed E-state index contributed by atoms with van der Waals surface area (Å²) < 4.78 is 0. The van der Waals surface area contributed by atoms with Gasteiger partial charge < -0.3 is 15.7 Å². The number of thioether (sulfide) groups is 1. The highest BCUT2D eigenvalue weighted by Crippen LogP contribution is 2.29. The van der Waals surface area contributed by atoms with Crippen molar-refractivity contribution in [1.82, 2.24) is 10.6 Å². The van der Waals surface area contributed by atoms with E-state index in [0.717, 1.165) is 25.0 Å². The number of aliphatic hydroxyl groups is 1. The lowest BCUT2D eigenvalue weighted by Crippen LogP contribution is -2.47. The molecule has 1 aliphatic rings. The number of aliphatic hydroxyl groups excluding tert-OH is 1. The third kappa shape index (κ3) is 6.52. The number of amides is 2. The summed E-state index contributed by atoms with van der Waals surface area (Å²) in [5, 5.41) is 15.8. The van der Waals surface area contributed by atoms with Gasteiger partial charge in [-0.05, 0) is 37.4 Å². The number of hydrogen-bond donors (Lipinski definition) is 3. The molecule has 3 atom stereocenters. The molecule has 5 heteroatoms. The fourth-order valence-corrected chi connectivity index (χ4v) is 3.76. The Morgan fingerprint density at radius 2 is 2.16 bits per heavy atom. The monoisotopic (exact) mass is 288 g/mol. The molecule has 1 aliphatic carbocycles. The first-order valence-corrected chi connectivity index (χ1v) is 8.39. The van der Waals surface area contributed by atoms with Crippen molar-refractivity contribution < 1.29 is 9.90 Å². The summed E-state index contributed by atoms with van der Waals surface area (Å²) in [6.07, 6.45) is 4.14. The summed E-state index contributed by atoms with van der Waals surface area (Å²) in [4.78, 5) is 11.9. The molecule has 0 aromatic carbocycles. The molecule has 0 bridgehead atoms. The first-order valence-electron chi connectivity index (χ1n) is 7.34. The normalized spacial score (nSPS) is 24.5. The summed E-state index contributed by atoms with van der Waals surface area (Å²) in [7, 11) is 0. The molecule has 2 amide bonds. The van der Waals surface area contributed by atoms with Crippen LogP contribution in [0.3, 0.4) is 0 Å². The lowest BCUT2D eigenvalue weighted by Gasteiger charge is -2.20. The minimum absolute atomic E-state index is 0.00454. The van der Waals surface area contributed by atoms with Gasteiger partial charge in [-0.3, -0.25) is 0 Å². The number of nitrogens with one attached hydrogen (secondary N) is 2. The summed E-state index contributed by atoms with van der Waals surface area (Å²) in [5.41, 5.74) is 0. The van der Waals surface area contributed by atoms with E-state index in [9.17, 15) is 9.90 Å². The van der Waals surface area contributed by atoms with Gasteiger partial charge in [-0.15, -0.1) is 0 Å². The van der Waals surface area contributed by atoms with Gasteiger partial charge in [0.15, 0.2) is 0 Å². The zero-order valence-corrected chi connectivity index (χ0v) is 13.1. The molecule has 0 saturated heterocycles. The molecule has 112 valence electrons. The van der Waals surface area contributed by atoms with Crippen LogP contribution in [0.25, 0.3) is 0 Å². The van der Waals surface area contributed by atoms with Crippen LogP contribution in [0.1, 0.15) is 46.5 Å². The van der Waals surface area contributed by atoms with E-state index >= 15 is 0 Å². The van der Waals surface area contributed by atoms with Crippen molar-refractivity contribution in [3.63, 3.8) is 0 Å². The topological polar surface area (TPSA) is 61.4 Å². The van der Waals surface area contributed by atoms with Gasteiger partial charge >= 0.3 is 6.03 Å². The van der Waals surface area contributed by atoms with Crippen molar-refractivity contribution in [1.29, 1.82) is 0 Å². The number of hydrogen-bond acceptors (Lipinski definition) is 3. The average molecular weight is 288 g/mol. The van der Waals surface area contributed by atoms with Gasteiger partial charge in [0.05, 0.1) is 12.6 Å². The Kier molecular flexibility index (Phi) is 7.61. The first-order chi connectivity index (χ1) is 9.05. The minimum Gasteiger partial charge on any atom is -0.394 e. The van der Waals surface area contributed by atoms with E-state index in [-0.39, 0.29) is 18.7 Å². The molecule has 3 unspecified atom stereocenters. The predicted octanol–water partition coefficient (Wildman–Crippen LogP) is 2.37. The van der Waals surface area contributed by atoms with Crippen molar-refractivity contribution >= 4 is 17.8 Å². The fourth-order valence-electron chi connectivity index (χ4n) is 2.62. The van der Waals surface area contributed by atoms with Crippen LogP contribution in [-0.2, 0) is 0 Å². The van der Waals surface area contributed by atoms with Gasteiger partial charge in [0, 0.05) is 11.3 Å². The van der Waals surface area contributed by atoms with Crippen LogP contribution in [0.15, 0.2) is 0 Å². The fraction of sp³-hybridized carbons (Fsp3) is 0.929. The molecular weight excluding hydrogens is 260 g/mol. The summed E-state index contributed by atoms with van der Waals surface area (Å²) in [6.45, 7) is 6.36. The molecule has 1 saturated carbocycles. The zero-order valence-electron chi connectivity index (χ0n) is 12.3. The highest BCUT2D eigenvalue weighted by Gasteiger charge is 2.26. The van der Waals surface area contributed by atoms with Crippen molar-refractivity contribution in [2.24, 2.45) is 5.92 Å². The predicted molar refractivity (Wildman–Crippen MR) is 81.6 cm³/mol. The quantitative estimate of drug-likeness (QED) is 0.674. The summed E-state index contributed by atoms with van der Waals surface area (Å²) in [5.74, 6) is 1.61. The average Bonchev–Trinajstić information content (AvgIpc) is 2.75. The van der Waals surface area contributed by atoms with Crippen molar-refractivity contribution in [3.05, 3.63) is 0 Å². The van der Waals surface area contributed by atoms with Gasteiger partial charge in [-0.1, -0.05) is 20.8 Å². The van der Waals surface area contributed by atoms with E-state index in [1.807, 2.05) is 11.8 Å². The van der Waals surface area contributed by atoms with Gasteiger partial charge in [0.1, 0.15) is 0 Å². The number of carbonyl (C=O) groups excluding carboxylic acids is 1. The Morgan fingerprint density at radius 3 is 2.74 bits per heavy atom. The van der Waals surface area contributed by atoms with Crippen LogP contribution in [0.2, 0.25) is 0 Å². The molecule has 4 nitrogen and oxygen atoms in total. The van der Waals surface area contributed by atoms with Crippen LogP contribution in [0, 0.1) is 5.92 Å². The molecule has 0 aromatic heterocycles. The maximum Gasteiger partial charge on any atom is 0.315 e. The van der Waals surface area contributed by atoms with E-state index < -0.39 is 0 Å². The van der Waals surface area contributed by atoms with Crippen molar-refractivity contribution in [2.75, 3.05) is 12.4 Å². The second-order valence-electron chi connectivity index (χ2n) is 5.71. The second kappa shape index (κ2) is 8.69. The van der Waals surface area contributed by atoms with Gasteiger partial charge in [0.2, 0.25) is 0 Å². The Balaban J connectivity index is 2.27. The lowest BCUT2D eigenvalue weighted by atomic mass is 10.0. The summed E-state index contributed by atoms with van der Waals surface area (Å²) in [6, 6.07) is 0.0245. The molecule has 3 N–H and O–H groups in total. The largest absolute Gasteiger partial charge is 0.394 e. The SMILES string of the molecule is CCSC1CCC(NC(=O)NC(CO)CC(C)C)C1. The Hall–Kier alpha value is -0.420. The van der Waals surface area contributed by atoms with Gasteiger partial charge in [0.25, 0.3) is 0 Å². The highest BCUT2D eigenvalue weighted by atomic mass is 32.2. The van der Waals surface area contributed by atoms with E-state index in [4.69, 9.17) is 0 Å². The molecule has 0 radical (unpaired) electrons. The van der Waals surface area contributed by atoms with E-state index in [1.165, 1.54) is 6.42 Å². The number of carbonyl (C=O) groups is 1. The first kappa shape index (κ1) is 16.6. The van der Waals surface area contributed by atoms with Crippen LogP contribution >= 0.6 is 11.8 Å². The number of urea groups is 1. The Labute approximate surface area is 121 Å². The second-order valence-corrected chi connectivity index (χ2v) is 7.29. The molecule has 19 heavy (non-hydrogen) atoms. The molecule has 0 aromatic rings. The summed E-state index contributed by atoms with van der Waals surface area (Å²) >= 11 is 1.98. The Bertz CT molecular complexity index is 274. The van der Waals surface area contributed by atoms with Crippen LogP contribution < -0.4 is 10.6 Å². The third-order valence-electron chi connectivity index (χ3n) is 3.43. The van der Waals surface area contributed by atoms with Gasteiger partial charge in [-0.25, -0.2) is 4.79 Å². The molecule has 0 spiro atoms. The highest BCUT2D eigenvalue weighted by molar-refractivity contribution is 7.99. The zero-order chi connectivity index (χ0) is 14.3. The van der Waals surface area contributed by atoms with E-state index in [2.05, 4.69) is 31.4 Å². The molecule has 0 aliphatic heterocycles. The van der Waals surface area contributed by atoms with Crippen molar-refractivity contribution in [2.45, 2.75) is 63.8 Å². The third-order valence-corrected chi connectivity index (χ3v) is 4.67. The van der Waals surface area contributed by atoms with Gasteiger partial charge in [-0.2, -0.15) is 11.8 Å². The molecular formula is C14H28N2O2S. The smallest absolute Gasteiger partial charge is 0.315 e. The maximum atomic E-state index is 11.9. The maximum absolute atomic E-state index is 11.9. The van der Waals surface area contributed by atoms with E-state index in [1.54, 1.807) is 0 Å². The molecule has 0 heterocycles.